The maximum Gasteiger partial charge on any atom is 0.408 e. The third kappa shape index (κ3) is 4.76. The molecule has 1 rings (SSSR count). The van der Waals surface area contributed by atoms with Gasteiger partial charge in [0.1, 0.15) is 18.2 Å². The second-order valence-electron chi connectivity index (χ2n) is 5.32. The molecule has 0 aromatic rings. The minimum atomic E-state index is -0.639. The molecular formula is C12H20N2O5. The van der Waals surface area contributed by atoms with Gasteiger partial charge in [0.15, 0.2) is 0 Å². The summed E-state index contributed by atoms with van der Waals surface area (Å²) >= 11 is 0. The highest BCUT2D eigenvalue weighted by Gasteiger charge is 2.34. The van der Waals surface area contributed by atoms with Crippen molar-refractivity contribution in [1.29, 1.82) is 0 Å². The minimum absolute atomic E-state index is 0.0954. The average Bonchev–Trinajstić information content (AvgIpc) is 2.59. The Kier molecular flexibility index (Phi) is 4.74. The number of ether oxygens (including phenoxy) is 2. The number of rotatable bonds is 3. The van der Waals surface area contributed by atoms with Crippen molar-refractivity contribution >= 4 is 18.0 Å². The normalized spacial score (nSPS) is 19.3. The molecule has 108 valence electrons. The third-order valence-electron chi connectivity index (χ3n) is 2.54. The highest BCUT2D eigenvalue weighted by atomic mass is 16.6. The van der Waals surface area contributed by atoms with E-state index in [0.717, 1.165) is 0 Å². The van der Waals surface area contributed by atoms with Crippen LogP contribution in [0.15, 0.2) is 0 Å². The van der Waals surface area contributed by atoms with E-state index in [1.807, 2.05) is 0 Å². The number of alkyl carbamates (subject to hydrolysis) is 1. The Labute approximate surface area is 112 Å². The molecular weight excluding hydrogens is 252 g/mol. The van der Waals surface area contributed by atoms with Crippen molar-refractivity contribution in [2.24, 2.45) is 0 Å². The van der Waals surface area contributed by atoms with Gasteiger partial charge in [-0.2, -0.15) is 0 Å². The van der Waals surface area contributed by atoms with Crippen molar-refractivity contribution in [1.82, 2.24) is 10.2 Å². The minimum Gasteiger partial charge on any atom is -0.468 e. The zero-order chi connectivity index (χ0) is 14.6. The molecule has 0 bridgehead atoms. The van der Waals surface area contributed by atoms with Gasteiger partial charge >= 0.3 is 12.1 Å². The van der Waals surface area contributed by atoms with Gasteiger partial charge in [-0.3, -0.25) is 9.59 Å². The maximum atomic E-state index is 11.9. The van der Waals surface area contributed by atoms with E-state index in [0.29, 0.717) is 13.0 Å². The first-order valence-electron chi connectivity index (χ1n) is 6.08. The predicted octanol–water partition coefficient (Wildman–Crippen LogP) is 0.285. The Bertz CT molecular complexity index is 375. The van der Waals surface area contributed by atoms with Gasteiger partial charge in [-0.15, -0.1) is 0 Å². The molecule has 1 fully saturated rings. The summed E-state index contributed by atoms with van der Waals surface area (Å²) in [5, 5.41) is 2.50. The number of nitrogens with zero attached hydrogens (tertiary/aromatic N) is 1. The van der Waals surface area contributed by atoms with Crippen molar-refractivity contribution in [2.45, 2.75) is 38.8 Å². The molecule has 7 heteroatoms. The zero-order valence-electron chi connectivity index (χ0n) is 11.7. The zero-order valence-corrected chi connectivity index (χ0v) is 11.7. The van der Waals surface area contributed by atoms with Crippen LogP contribution in [0.2, 0.25) is 0 Å². The van der Waals surface area contributed by atoms with Crippen LogP contribution in [0.4, 0.5) is 4.79 Å². The van der Waals surface area contributed by atoms with Gasteiger partial charge in [0.25, 0.3) is 0 Å². The Balaban J connectivity index is 2.47. The van der Waals surface area contributed by atoms with Gasteiger partial charge in [0.2, 0.25) is 5.91 Å². The summed E-state index contributed by atoms with van der Waals surface area (Å²) < 4.78 is 9.57. The molecule has 0 saturated carbocycles. The molecule has 0 aromatic heterocycles. The lowest BCUT2D eigenvalue weighted by molar-refractivity contribution is -0.145. The van der Waals surface area contributed by atoms with Crippen molar-refractivity contribution in [3.63, 3.8) is 0 Å². The molecule has 0 aliphatic carbocycles. The Morgan fingerprint density at radius 3 is 2.58 bits per heavy atom. The molecule has 1 saturated heterocycles. The number of likely N-dealkylation sites (tertiary alicyclic amines) is 1. The predicted molar refractivity (Wildman–Crippen MR) is 66.4 cm³/mol. The fourth-order valence-corrected chi connectivity index (χ4v) is 1.70. The first-order valence-corrected chi connectivity index (χ1v) is 6.08. The fourth-order valence-electron chi connectivity index (χ4n) is 1.70. The number of amides is 2. The number of hydrogen-bond donors (Lipinski definition) is 1. The fraction of sp³-hybridized carbons (Fsp3) is 0.750. The van der Waals surface area contributed by atoms with Gasteiger partial charge in [-0.1, -0.05) is 0 Å². The first-order chi connectivity index (χ1) is 8.73. The van der Waals surface area contributed by atoms with Crippen LogP contribution in [-0.2, 0) is 19.1 Å². The summed E-state index contributed by atoms with van der Waals surface area (Å²) in [6.07, 6.45) is -0.180. The summed E-state index contributed by atoms with van der Waals surface area (Å²) in [4.78, 5) is 35.9. The summed E-state index contributed by atoms with van der Waals surface area (Å²) in [6.45, 7) is 5.54. The number of hydrogen-bond acceptors (Lipinski definition) is 5. The van der Waals surface area contributed by atoms with E-state index in [2.05, 4.69) is 10.1 Å². The number of esters is 1. The Hall–Kier alpha value is -1.79. The van der Waals surface area contributed by atoms with Gasteiger partial charge in [0, 0.05) is 6.54 Å². The van der Waals surface area contributed by atoms with E-state index in [1.54, 1.807) is 20.8 Å². The molecule has 0 aromatic carbocycles. The molecule has 1 aliphatic heterocycles. The van der Waals surface area contributed by atoms with E-state index in [9.17, 15) is 14.4 Å². The van der Waals surface area contributed by atoms with Crippen LogP contribution in [0.25, 0.3) is 0 Å². The van der Waals surface area contributed by atoms with E-state index in [4.69, 9.17) is 4.74 Å². The SMILES string of the molecule is COC(=O)CN1CC[C@H](NC(=O)OC(C)(C)C)C1=O. The van der Waals surface area contributed by atoms with Crippen molar-refractivity contribution in [2.75, 3.05) is 20.2 Å². The number of carbonyl (C=O) groups excluding carboxylic acids is 3. The molecule has 1 aliphatic rings. The molecule has 0 radical (unpaired) electrons. The van der Waals surface area contributed by atoms with Gasteiger partial charge < -0.3 is 19.7 Å². The topological polar surface area (TPSA) is 84.9 Å². The third-order valence-corrected chi connectivity index (χ3v) is 2.54. The van der Waals surface area contributed by atoms with Crippen LogP contribution in [0, 0.1) is 0 Å². The highest BCUT2D eigenvalue weighted by Crippen LogP contribution is 2.13. The van der Waals surface area contributed by atoms with Crippen molar-refractivity contribution < 1.29 is 23.9 Å². The highest BCUT2D eigenvalue weighted by molar-refractivity contribution is 5.90. The second kappa shape index (κ2) is 5.90. The molecule has 2 amide bonds. The van der Waals surface area contributed by atoms with E-state index < -0.39 is 23.7 Å². The summed E-state index contributed by atoms with van der Waals surface area (Å²) in [6, 6.07) is -0.639. The smallest absolute Gasteiger partial charge is 0.408 e. The van der Waals surface area contributed by atoms with Crippen LogP contribution >= 0.6 is 0 Å². The standard InChI is InChI=1S/C12H20N2O5/c1-12(2,3)19-11(17)13-8-5-6-14(10(8)16)7-9(15)18-4/h8H,5-7H2,1-4H3,(H,13,17)/t8-/m0/s1. The van der Waals surface area contributed by atoms with Crippen molar-refractivity contribution in [3.05, 3.63) is 0 Å². The van der Waals surface area contributed by atoms with Gasteiger partial charge in [-0.25, -0.2) is 4.79 Å². The molecule has 0 unspecified atom stereocenters. The second-order valence-corrected chi connectivity index (χ2v) is 5.32. The van der Waals surface area contributed by atoms with E-state index in [1.165, 1.54) is 12.0 Å². The van der Waals surface area contributed by atoms with Gasteiger partial charge in [-0.05, 0) is 27.2 Å². The molecule has 7 nitrogen and oxygen atoms in total. The first kappa shape index (κ1) is 15.3. The van der Waals surface area contributed by atoms with E-state index >= 15 is 0 Å². The van der Waals surface area contributed by atoms with Crippen LogP contribution in [0.1, 0.15) is 27.2 Å². The lowest BCUT2D eigenvalue weighted by Gasteiger charge is -2.21. The van der Waals surface area contributed by atoms with Gasteiger partial charge in [0.05, 0.1) is 7.11 Å². The lowest BCUT2D eigenvalue weighted by Crippen LogP contribution is -2.44. The van der Waals surface area contributed by atoms with Crippen molar-refractivity contribution in [3.8, 4) is 0 Å². The number of methoxy groups -OCH3 is 1. The Morgan fingerprint density at radius 2 is 2.05 bits per heavy atom. The Morgan fingerprint density at radius 1 is 1.42 bits per heavy atom. The molecule has 0 spiro atoms. The molecule has 1 atom stereocenters. The largest absolute Gasteiger partial charge is 0.468 e. The van der Waals surface area contributed by atoms with Crippen LogP contribution in [0.3, 0.4) is 0 Å². The molecule has 1 N–H and O–H groups in total. The number of carbonyl (C=O) groups is 3. The van der Waals surface area contributed by atoms with E-state index in [-0.39, 0.29) is 12.5 Å². The quantitative estimate of drug-likeness (QED) is 0.746. The lowest BCUT2D eigenvalue weighted by atomic mass is 10.2. The van der Waals surface area contributed by atoms with Crippen LogP contribution < -0.4 is 5.32 Å². The molecule has 1 heterocycles. The molecule has 19 heavy (non-hydrogen) atoms. The maximum absolute atomic E-state index is 11.9. The summed E-state index contributed by atoms with van der Waals surface area (Å²) in [5.74, 6) is -0.775. The number of nitrogens with one attached hydrogen (secondary N) is 1. The monoisotopic (exact) mass is 272 g/mol. The average molecular weight is 272 g/mol. The van der Waals surface area contributed by atoms with Crippen LogP contribution in [-0.4, -0.2) is 54.7 Å². The summed E-state index contributed by atoms with van der Waals surface area (Å²) in [5.41, 5.74) is -0.614. The van der Waals surface area contributed by atoms with Crippen LogP contribution in [0.5, 0.6) is 0 Å². The summed E-state index contributed by atoms with van der Waals surface area (Å²) in [7, 11) is 1.26.